The number of ether oxygens (including phenoxy) is 1. The average Bonchev–Trinajstić information content (AvgIpc) is 2.44. The zero-order valence-corrected chi connectivity index (χ0v) is 11.6. The minimum Gasteiger partial charge on any atom is -0.496 e. The largest absolute Gasteiger partial charge is 0.496 e. The second-order valence-electron chi connectivity index (χ2n) is 4.02. The van der Waals surface area contributed by atoms with Crippen LogP contribution in [0, 0.1) is 0 Å². The van der Waals surface area contributed by atoms with Gasteiger partial charge in [0.05, 0.1) is 25.2 Å². The van der Waals surface area contributed by atoms with Crippen molar-refractivity contribution in [2.24, 2.45) is 0 Å². The van der Waals surface area contributed by atoms with Gasteiger partial charge < -0.3 is 9.84 Å². The normalized spacial score (nSPS) is 12.7. The lowest BCUT2D eigenvalue weighted by Gasteiger charge is -2.16. The lowest BCUT2D eigenvalue weighted by atomic mass is 10.2. The smallest absolute Gasteiger partial charge is 0.320 e. The summed E-state index contributed by atoms with van der Waals surface area (Å²) in [6, 6.07) is 3.26. The van der Waals surface area contributed by atoms with Gasteiger partial charge in [-0.3, -0.25) is 0 Å². The molecule has 0 amide bonds. The molecule has 10 heteroatoms. The van der Waals surface area contributed by atoms with Crippen LogP contribution in [0.5, 0.6) is 5.75 Å². The fourth-order valence-electron chi connectivity index (χ4n) is 1.40. The number of hydrogen-bond donors (Lipinski definition) is 2. The van der Waals surface area contributed by atoms with Gasteiger partial charge >= 0.3 is 12.3 Å². The van der Waals surface area contributed by atoms with E-state index in [1.165, 1.54) is 17.9 Å². The molecule has 0 heterocycles. The Bertz CT molecular complexity index is 592. The maximum Gasteiger partial charge on any atom is 0.320 e. The Hall–Kier alpha value is -1.39. The van der Waals surface area contributed by atoms with E-state index in [1.807, 2.05) is 0 Å². The minimum absolute atomic E-state index is 0.112. The molecule has 5 nitrogen and oxygen atoms in total. The third kappa shape index (κ3) is 4.29. The van der Waals surface area contributed by atoms with Crippen molar-refractivity contribution in [3.05, 3.63) is 23.8 Å². The standard InChI is InChI=1S/C11H13F4NO4S/c1-20-9-3-2-8(4-7(9)5-17)21(18,19)16-6-11(14,15)10(12)13/h2-4,10,16-17H,5-6H2,1H3. The third-order valence-corrected chi connectivity index (χ3v) is 3.95. The number of aliphatic hydroxyl groups excluding tert-OH is 1. The zero-order valence-electron chi connectivity index (χ0n) is 10.8. The summed E-state index contributed by atoms with van der Waals surface area (Å²) in [4.78, 5) is -0.447. The highest BCUT2D eigenvalue weighted by Gasteiger charge is 2.41. The third-order valence-electron chi connectivity index (χ3n) is 2.55. The van der Waals surface area contributed by atoms with E-state index in [0.29, 0.717) is 0 Å². The topological polar surface area (TPSA) is 75.6 Å². The summed E-state index contributed by atoms with van der Waals surface area (Å²) in [5, 5.41) is 9.06. The second-order valence-corrected chi connectivity index (χ2v) is 5.78. The molecule has 0 aliphatic carbocycles. The van der Waals surface area contributed by atoms with Crippen molar-refractivity contribution in [3.8, 4) is 5.75 Å². The summed E-state index contributed by atoms with van der Waals surface area (Å²) in [6.07, 6.45) is -3.98. The van der Waals surface area contributed by atoms with Crippen molar-refractivity contribution in [2.45, 2.75) is 23.9 Å². The number of halogens is 4. The van der Waals surface area contributed by atoms with Crippen LogP contribution in [0.1, 0.15) is 5.56 Å². The van der Waals surface area contributed by atoms with E-state index >= 15 is 0 Å². The molecule has 1 rings (SSSR count). The molecule has 0 aromatic heterocycles. The lowest BCUT2D eigenvalue weighted by Crippen LogP contribution is -2.41. The molecule has 0 atom stereocenters. The van der Waals surface area contributed by atoms with Crippen LogP contribution in [0.3, 0.4) is 0 Å². The molecule has 0 fully saturated rings. The summed E-state index contributed by atoms with van der Waals surface area (Å²) in [5.41, 5.74) is 0.112. The van der Waals surface area contributed by atoms with Crippen LogP contribution >= 0.6 is 0 Å². The number of alkyl halides is 4. The number of benzene rings is 1. The van der Waals surface area contributed by atoms with Crippen molar-refractivity contribution >= 4 is 10.0 Å². The second kappa shape index (κ2) is 6.58. The number of aliphatic hydroxyl groups is 1. The first kappa shape index (κ1) is 17.7. The van der Waals surface area contributed by atoms with Gasteiger partial charge in [0, 0.05) is 5.56 Å². The summed E-state index contributed by atoms with van der Waals surface area (Å²) < 4.78 is 79.2. The molecule has 0 bridgehead atoms. The van der Waals surface area contributed by atoms with E-state index in [-0.39, 0.29) is 11.3 Å². The Morgan fingerprint density at radius 2 is 2.00 bits per heavy atom. The van der Waals surface area contributed by atoms with Gasteiger partial charge in [-0.15, -0.1) is 0 Å². The van der Waals surface area contributed by atoms with Gasteiger partial charge in [0.1, 0.15) is 5.75 Å². The Morgan fingerprint density at radius 3 is 2.48 bits per heavy atom. The van der Waals surface area contributed by atoms with Crippen molar-refractivity contribution in [3.63, 3.8) is 0 Å². The first-order valence-corrected chi connectivity index (χ1v) is 7.06. The van der Waals surface area contributed by atoms with Crippen LogP contribution in [0.4, 0.5) is 17.6 Å². The number of sulfonamides is 1. The van der Waals surface area contributed by atoms with Crippen LogP contribution in [0.15, 0.2) is 23.1 Å². The Kier molecular flexibility index (Phi) is 5.54. The molecule has 0 radical (unpaired) electrons. The first-order valence-electron chi connectivity index (χ1n) is 5.57. The molecule has 21 heavy (non-hydrogen) atoms. The van der Waals surface area contributed by atoms with Crippen LogP contribution in [0.2, 0.25) is 0 Å². The Balaban J connectivity index is 2.98. The van der Waals surface area contributed by atoms with Gasteiger partial charge in [0.15, 0.2) is 0 Å². The number of methoxy groups -OCH3 is 1. The van der Waals surface area contributed by atoms with Crippen molar-refractivity contribution in [2.75, 3.05) is 13.7 Å². The van der Waals surface area contributed by atoms with Gasteiger partial charge in [0.25, 0.3) is 0 Å². The highest BCUT2D eigenvalue weighted by Crippen LogP contribution is 2.24. The van der Waals surface area contributed by atoms with E-state index in [2.05, 4.69) is 0 Å². The van der Waals surface area contributed by atoms with E-state index in [0.717, 1.165) is 12.1 Å². The van der Waals surface area contributed by atoms with E-state index in [1.54, 1.807) is 0 Å². The summed E-state index contributed by atoms with van der Waals surface area (Å²) >= 11 is 0. The molecule has 0 spiro atoms. The van der Waals surface area contributed by atoms with E-state index in [9.17, 15) is 26.0 Å². The molecule has 0 aliphatic heterocycles. The first-order chi connectivity index (χ1) is 9.64. The predicted octanol–water partition coefficient (Wildman–Crippen LogP) is 1.37. The van der Waals surface area contributed by atoms with Crippen molar-refractivity contribution in [1.29, 1.82) is 0 Å². The predicted molar refractivity (Wildman–Crippen MR) is 65.1 cm³/mol. The minimum atomic E-state index is -4.47. The summed E-state index contributed by atoms with van der Waals surface area (Å²) in [5.74, 6) is -4.27. The molecule has 1 aromatic rings. The Labute approximate surface area is 118 Å². The summed E-state index contributed by atoms with van der Waals surface area (Å²) in [6.45, 7) is -2.27. The van der Waals surface area contributed by atoms with Crippen LogP contribution < -0.4 is 9.46 Å². The average molecular weight is 331 g/mol. The molecule has 120 valence electrons. The molecule has 1 aromatic carbocycles. The van der Waals surface area contributed by atoms with Gasteiger partial charge in [-0.05, 0) is 18.2 Å². The molecule has 0 unspecified atom stereocenters. The monoisotopic (exact) mass is 331 g/mol. The maximum atomic E-state index is 12.7. The van der Waals surface area contributed by atoms with Crippen LogP contribution in [-0.4, -0.2) is 39.5 Å². The van der Waals surface area contributed by atoms with Crippen LogP contribution in [-0.2, 0) is 16.6 Å². The van der Waals surface area contributed by atoms with Gasteiger partial charge in [0.2, 0.25) is 10.0 Å². The molecule has 0 aliphatic rings. The quantitative estimate of drug-likeness (QED) is 0.740. The number of rotatable bonds is 7. The number of hydrogen-bond acceptors (Lipinski definition) is 4. The maximum absolute atomic E-state index is 12.7. The fourth-order valence-corrected chi connectivity index (χ4v) is 2.49. The van der Waals surface area contributed by atoms with Crippen molar-refractivity contribution < 1.29 is 35.8 Å². The molecular formula is C11H13F4NO4S. The number of nitrogens with one attached hydrogen (secondary N) is 1. The Morgan fingerprint density at radius 1 is 1.38 bits per heavy atom. The van der Waals surface area contributed by atoms with Gasteiger partial charge in [-0.2, -0.15) is 8.78 Å². The van der Waals surface area contributed by atoms with Gasteiger partial charge in [-0.25, -0.2) is 21.9 Å². The lowest BCUT2D eigenvalue weighted by molar-refractivity contribution is -0.122. The molecule has 0 saturated heterocycles. The molecule has 0 saturated carbocycles. The highest BCUT2D eigenvalue weighted by molar-refractivity contribution is 7.89. The van der Waals surface area contributed by atoms with Gasteiger partial charge in [-0.1, -0.05) is 0 Å². The van der Waals surface area contributed by atoms with E-state index in [4.69, 9.17) is 9.84 Å². The zero-order chi connectivity index (χ0) is 16.3. The SMILES string of the molecule is COc1ccc(S(=O)(=O)NCC(F)(F)C(F)F)cc1CO. The van der Waals surface area contributed by atoms with Crippen LogP contribution in [0.25, 0.3) is 0 Å². The molecular weight excluding hydrogens is 318 g/mol. The fraction of sp³-hybridized carbons (Fsp3) is 0.455. The molecule has 2 N–H and O–H groups in total. The van der Waals surface area contributed by atoms with E-state index < -0.39 is 40.4 Å². The highest BCUT2D eigenvalue weighted by atomic mass is 32.2. The van der Waals surface area contributed by atoms with Crippen molar-refractivity contribution in [1.82, 2.24) is 4.72 Å². The summed E-state index contributed by atoms with van der Waals surface area (Å²) in [7, 11) is -3.12.